The summed E-state index contributed by atoms with van der Waals surface area (Å²) in [6.07, 6.45) is 2.10. The molecule has 4 heteroatoms. The number of halogens is 1. The Hall–Kier alpha value is -0.450. The highest BCUT2D eigenvalue weighted by Crippen LogP contribution is 2.31. The summed E-state index contributed by atoms with van der Waals surface area (Å²) in [6.45, 7) is 2.19. The third-order valence-corrected chi connectivity index (χ3v) is 5.17. The number of benzene rings is 1. The molecule has 0 saturated heterocycles. The van der Waals surface area contributed by atoms with Gasteiger partial charge in [0.05, 0.1) is 6.04 Å². The lowest BCUT2D eigenvalue weighted by Gasteiger charge is -2.16. The zero-order valence-corrected chi connectivity index (χ0v) is 13.0. The Morgan fingerprint density at radius 3 is 2.76 bits per heavy atom. The molecule has 1 aromatic heterocycles. The molecule has 0 spiro atoms. The van der Waals surface area contributed by atoms with Crippen LogP contribution in [0.5, 0.6) is 0 Å². The lowest BCUT2D eigenvalue weighted by Crippen LogP contribution is -2.05. The van der Waals surface area contributed by atoms with E-state index in [0.717, 1.165) is 4.47 Å². The quantitative estimate of drug-likeness (QED) is 0.754. The smallest absolute Gasteiger partial charge is 0.0579 e. The summed E-state index contributed by atoms with van der Waals surface area (Å²) in [4.78, 5) is 2.63. The van der Waals surface area contributed by atoms with Gasteiger partial charge in [-0.15, -0.1) is 23.1 Å². The first-order valence-corrected chi connectivity index (χ1v) is 8.24. The molecule has 2 rings (SSSR count). The number of rotatable bonds is 4. The molecule has 1 aromatic carbocycles. The minimum atomic E-state index is 0.333. The molecular formula is C13H14BrNS2. The number of anilines is 1. The predicted molar refractivity (Wildman–Crippen MR) is 82.3 cm³/mol. The summed E-state index contributed by atoms with van der Waals surface area (Å²) in [5, 5.41) is 5.68. The fourth-order valence-electron chi connectivity index (χ4n) is 1.62. The van der Waals surface area contributed by atoms with Crippen molar-refractivity contribution in [3.8, 4) is 0 Å². The minimum absolute atomic E-state index is 0.333. The van der Waals surface area contributed by atoms with Crippen molar-refractivity contribution < 1.29 is 0 Å². The molecule has 17 heavy (non-hydrogen) atoms. The third kappa shape index (κ3) is 3.27. The van der Waals surface area contributed by atoms with Crippen molar-refractivity contribution in [2.75, 3.05) is 11.6 Å². The van der Waals surface area contributed by atoms with E-state index < -0.39 is 0 Å². The average Bonchev–Trinajstić information content (AvgIpc) is 2.77. The second-order valence-electron chi connectivity index (χ2n) is 3.73. The summed E-state index contributed by atoms with van der Waals surface area (Å²) in [5.74, 6) is 0. The summed E-state index contributed by atoms with van der Waals surface area (Å²) < 4.78 is 1.16. The largest absolute Gasteiger partial charge is 0.377 e. The lowest BCUT2D eigenvalue weighted by atomic mass is 10.2. The van der Waals surface area contributed by atoms with Gasteiger partial charge in [0.2, 0.25) is 0 Å². The molecule has 2 aromatic rings. The van der Waals surface area contributed by atoms with Crippen molar-refractivity contribution in [2.45, 2.75) is 17.9 Å². The van der Waals surface area contributed by atoms with Gasteiger partial charge in [0.15, 0.2) is 0 Å². The molecule has 0 aliphatic rings. The first-order valence-electron chi connectivity index (χ1n) is 5.34. The molecule has 1 heterocycles. The van der Waals surface area contributed by atoms with Crippen LogP contribution in [0.1, 0.15) is 17.8 Å². The normalized spacial score (nSPS) is 12.4. The number of nitrogens with one attached hydrogen (secondary N) is 1. The second-order valence-corrected chi connectivity index (χ2v) is 6.44. The molecule has 90 valence electrons. The van der Waals surface area contributed by atoms with Crippen molar-refractivity contribution in [1.29, 1.82) is 0 Å². The van der Waals surface area contributed by atoms with E-state index in [0.29, 0.717) is 6.04 Å². The topological polar surface area (TPSA) is 12.0 Å². The Morgan fingerprint density at radius 2 is 2.12 bits per heavy atom. The standard InChI is InChI=1S/C13H14BrNS2/c1-9(13-7-10(14)8-17-13)15-11-5-3-4-6-12(11)16-2/h3-9,15H,1-2H3. The second kappa shape index (κ2) is 5.94. The Labute approximate surface area is 119 Å². The maximum atomic E-state index is 3.56. The van der Waals surface area contributed by atoms with Gasteiger partial charge in [-0.3, -0.25) is 0 Å². The number of hydrogen-bond acceptors (Lipinski definition) is 3. The molecule has 0 aliphatic heterocycles. The number of para-hydroxylation sites is 1. The van der Waals surface area contributed by atoms with Gasteiger partial charge in [0.1, 0.15) is 0 Å². The summed E-state index contributed by atoms with van der Waals surface area (Å²) in [5.41, 5.74) is 1.21. The fourth-order valence-corrected chi connectivity index (χ4v) is 3.64. The monoisotopic (exact) mass is 327 g/mol. The van der Waals surface area contributed by atoms with Crippen LogP contribution in [0.3, 0.4) is 0 Å². The van der Waals surface area contributed by atoms with E-state index in [-0.39, 0.29) is 0 Å². The van der Waals surface area contributed by atoms with Crippen molar-refractivity contribution in [3.63, 3.8) is 0 Å². The Kier molecular flexibility index (Phi) is 4.54. The molecule has 0 fully saturated rings. The van der Waals surface area contributed by atoms with Gasteiger partial charge in [-0.05, 0) is 47.3 Å². The Balaban J connectivity index is 2.15. The fraction of sp³-hybridized carbons (Fsp3) is 0.231. The molecule has 1 N–H and O–H groups in total. The van der Waals surface area contributed by atoms with E-state index in [4.69, 9.17) is 0 Å². The van der Waals surface area contributed by atoms with Gasteiger partial charge in [-0.1, -0.05) is 12.1 Å². The van der Waals surface area contributed by atoms with Gasteiger partial charge < -0.3 is 5.32 Å². The maximum Gasteiger partial charge on any atom is 0.0579 e. The van der Waals surface area contributed by atoms with Crippen molar-refractivity contribution in [1.82, 2.24) is 0 Å². The highest BCUT2D eigenvalue weighted by molar-refractivity contribution is 9.10. The molecule has 1 unspecified atom stereocenters. The van der Waals surface area contributed by atoms with Crippen LogP contribution in [0, 0.1) is 0 Å². The van der Waals surface area contributed by atoms with E-state index in [1.807, 2.05) is 0 Å². The summed E-state index contributed by atoms with van der Waals surface area (Å²) >= 11 is 7.04. The SMILES string of the molecule is CSc1ccccc1NC(C)c1cc(Br)cs1. The van der Waals surface area contributed by atoms with E-state index >= 15 is 0 Å². The van der Waals surface area contributed by atoms with Crippen molar-refractivity contribution in [3.05, 3.63) is 45.1 Å². The molecule has 0 radical (unpaired) electrons. The Morgan fingerprint density at radius 1 is 1.35 bits per heavy atom. The number of thiophene rings is 1. The molecule has 0 saturated carbocycles. The predicted octanol–water partition coefficient (Wildman–Crippen LogP) is 5.41. The van der Waals surface area contributed by atoms with Gasteiger partial charge in [-0.25, -0.2) is 0 Å². The third-order valence-electron chi connectivity index (χ3n) is 2.49. The van der Waals surface area contributed by atoms with Crippen LogP contribution in [0.2, 0.25) is 0 Å². The van der Waals surface area contributed by atoms with Gasteiger partial charge in [-0.2, -0.15) is 0 Å². The summed E-state index contributed by atoms with van der Waals surface area (Å²) in [7, 11) is 0. The molecule has 1 atom stereocenters. The van der Waals surface area contributed by atoms with Gasteiger partial charge >= 0.3 is 0 Å². The number of hydrogen-bond donors (Lipinski definition) is 1. The van der Waals surface area contributed by atoms with Crippen molar-refractivity contribution >= 4 is 44.7 Å². The van der Waals surface area contributed by atoms with Crippen LogP contribution < -0.4 is 5.32 Å². The Bertz CT molecular complexity index is 496. The zero-order chi connectivity index (χ0) is 12.3. The highest BCUT2D eigenvalue weighted by Gasteiger charge is 2.09. The zero-order valence-electron chi connectivity index (χ0n) is 9.74. The highest BCUT2D eigenvalue weighted by atomic mass is 79.9. The van der Waals surface area contributed by atoms with Crippen LogP contribution in [0.4, 0.5) is 5.69 Å². The van der Waals surface area contributed by atoms with E-state index in [2.05, 4.69) is 70.1 Å². The average molecular weight is 328 g/mol. The maximum absolute atomic E-state index is 3.56. The van der Waals surface area contributed by atoms with Gasteiger partial charge in [0, 0.05) is 25.3 Å². The van der Waals surface area contributed by atoms with Crippen LogP contribution in [-0.2, 0) is 0 Å². The van der Waals surface area contributed by atoms with E-state index in [1.54, 1.807) is 23.1 Å². The lowest BCUT2D eigenvalue weighted by molar-refractivity contribution is 0.902. The molecule has 0 aliphatic carbocycles. The number of thioether (sulfide) groups is 1. The molecule has 1 nitrogen and oxygen atoms in total. The van der Waals surface area contributed by atoms with Crippen LogP contribution in [-0.4, -0.2) is 6.26 Å². The van der Waals surface area contributed by atoms with E-state index in [1.165, 1.54) is 15.5 Å². The van der Waals surface area contributed by atoms with Gasteiger partial charge in [0.25, 0.3) is 0 Å². The first-order chi connectivity index (χ1) is 8.20. The molecule has 0 amide bonds. The van der Waals surface area contributed by atoms with Crippen LogP contribution in [0.15, 0.2) is 45.1 Å². The first kappa shape index (κ1) is 13.0. The summed E-state index contributed by atoms with van der Waals surface area (Å²) in [6, 6.07) is 10.9. The van der Waals surface area contributed by atoms with Crippen LogP contribution in [0.25, 0.3) is 0 Å². The van der Waals surface area contributed by atoms with Crippen molar-refractivity contribution in [2.24, 2.45) is 0 Å². The van der Waals surface area contributed by atoms with Crippen LogP contribution >= 0.6 is 39.0 Å². The molecular weight excluding hydrogens is 314 g/mol. The molecule has 0 bridgehead atoms. The van der Waals surface area contributed by atoms with E-state index in [9.17, 15) is 0 Å². The minimum Gasteiger partial charge on any atom is -0.377 e.